The second-order valence-electron chi connectivity index (χ2n) is 9.91. The number of ether oxygens (including phenoxy) is 3. The van der Waals surface area contributed by atoms with Crippen LogP contribution in [0.15, 0.2) is 42.5 Å². The van der Waals surface area contributed by atoms with Crippen molar-refractivity contribution in [2.45, 2.75) is 83.5 Å². The molecule has 0 aromatic heterocycles. The van der Waals surface area contributed by atoms with Crippen molar-refractivity contribution < 1.29 is 40.6 Å². The molecule has 9 heteroatoms. The second kappa shape index (κ2) is 13.0. The van der Waals surface area contributed by atoms with E-state index in [0.717, 1.165) is 37.0 Å². The van der Waals surface area contributed by atoms with E-state index in [1.165, 1.54) is 25.7 Å². The highest BCUT2D eigenvalue weighted by Crippen LogP contribution is 2.33. The Labute approximate surface area is 224 Å². The van der Waals surface area contributed by atoms with Gasteiger partial charge in [0.15, 0.2) is 17.9 Å². The lowest BCUT2D eigenvalue weighted by Gasteiger charge is -2.30. The summed E-state index contributed by atoms with van der Waals surface area (Å²) in [6.07, 6.45) is 2.34. The van der Waals surface area contributed by atoms with E-state index in [1.54, 1.807) is 24.3 Å². The maximum absolute atomic E-state index is 15.3. The molecule has 0 saturated carbocycles. The third-order valence-electron chi connectivity index (χ3n) is 6.94. The summed E-state index contributed by atoms with van der Waals surface area (Å²) in [6.45, 7) is 2.79. The summed E-state index contributed by atoms with van der Waals surface area (Å²) in [5, 5.41) is 1.04. The Morgan fingerprint density at radius 3 is 2.36 bits per heavy atom. The lowest BCUT2D eigenvalue weighted by molar-refractivity contribution is -0.276. The van der Waals surface area contributed by atoms with Gasteiger partial charge in [0.1, 0.15) is 5.82 Å². The normalized spacial score (nSPS) is 18.0. The quantitative estimate of drug-likeness (QED) is 0.175. The summed E-state index contributed by atoms with van der Waals surface area (Å²) in [6, 6.07) is 10.1. The number of alkyl halides is 3. The number of unbranched alkanes of at least 4 members (excludes halogenated alkanes) is 4. The molecule has 0 bridgehead atoms. The molecule has 0 radical (unpaired) electrons. The number of hydrogen-bond donors (Lipinski definition) is 0. The average Bonchev–Trinajstić information content (AvgIpc) is 2.90. The predicted octanol–water partition coefficient (Wildman–Crippen LogP) is 9.11. The van der Waals surface area contributed by atoms with E-state index in [1.807, 2.05) is 6.07 Å². The first-order valence-corrected chi connectivity index (χ1v) is 13.4. The van der Waals surface area contributed by atoms with Gasteiger partial charge in [-0.3, -0.25) is 0 Å². The zero-order valence-electron chi connectivity index (χ0n) is 21.8. The topological polar surface area (TPSA) is 27.7 Å². The van der Waals surface area contributed by atoms with Gasteiger partial charge >= 0.3 is 6.36 Å². The highest BCUT2D eigenvalue weighted by molar-refractivity contribution is 5.84. The van der Waals surface area contributed by atoms with Crippen LogP contribution in [-0.4, -0.2) is 19.1 Å². The van der Waals surface area contributed by atoms with Crippen molar-refractivity contribution in [2.75, 3.05) is 6.61 Å². The Bertz CT molecular complexity index is 1240. The Kier molecular flexibility index (Phi) is 9.77. The zero-order chi connectivity index (χ0) is 28.0. The molecule has 1 saturated heterocycles. The van der Waals surface area contributed by atoms with Gasteiger partial charge in [-0.25, -0.2) is 13.2 Å². The molecule has 1 aliphatic heterocycles. The Balaban J connectivity index is 1.40. The summed E-state index contributed by atoms with van der Waals surface area (Å²) in [5.74, 6) is -4.92. The number of halogens is 6. The number of rotatable bonds is 11. The van der Waals surface area contributed by atoms with Gasteiger partial charge in [0.05, 0.1) is 12.7 Å². The van der Waals surface area contributed by atoms with Gasteiger partial charge in [0.25, 0.3) is 0 Å². The van der Waals surface area contributed by atoms with Crippen molar-refractivity contribution in [3.05, 3.63) is 76.6 Å². The van der Waals surface area contributed by atoms with E-state index < -0.39 is 35.9 Å². The largest absolute Gasteiger partial charge is 0.573 e. The SMILES string of the molecule is CCCCCCCC1CCOC(c2ccc3c(F)c(CCc4cc(F)c(OC(F)(F)F)c(F)c4)ccc3c2)O1. The molecule has 1 fully saturated rings. The van der Waals surface area contributed by atoms with E-state index in [9.17, 15) is 22.0 Å². The van der Waals surface area contributed by atoms with Gasteiger partial charge in [-0.2, -0.15) is 0 Å². The number of fused-ring (bicyclic) bond motifs is 1. The van der Waals surface area contributed by atoms with Crippen LogP contribution in [0.25, 0.3) is 10.8 Å². The highest BCUT2D eigenvalue weighted by Gasteiger charge is 2.34. The smallest absolute Gasteiger partial charge is 0.399 e. The minimum atomic E-state index is -5.22. The van der Waals surface area contributed by atoms with Crippen LogP contribution in [0, 0.1) is 17.5 Å². The fourth-order valence-corrected chi connectivity index (χ4v) is 4.90. The van der Waals surface area contributed by atoms with Crippen LogP contribution in [-0.2, 0) is 22.3 Å². The molecule has 39 heavy (non-hydrogen) atoms. The van der Waals surface area contributed by atoms with E-state index in [-0.39, 0.29) is 24.5 Å². The maximum atomic E-state index is 15.3. The molecule has 212 valence electrons. The molecule has 2 atom stereocenters. The maximum Gasteiger partial charge on any atom is 0.573 e. The first kappa shape index (κ1) is 29.2. The molecule has 0 amide bonds. The molecule has 3 aromatic rings. The van der Waals surface area contributed by atoms with Crippen molar-refractivity contribution in [3.63, 3.8) is 0 Å². The van der Waals surface area contributed by atoms with Crippen molar-refractivity contribution in [1.29, 1.82) is 0 Å². The van der Waals surface area contributed by atoms with Crippen LogP contribution in [0.2, 0.25) is 0 Å². The summed E-state index contributed by atoms with van der Waals surface area (Å²) in [4.78, 5) is 0. The molecule has 3 nitrogen and oxygen atoms in total. The van der Waals surface area contributed by atoms with E-state index >= 15 is 4.39 Å². The van der Waals surface area contributed by atoms with Crippen molar-refractivity contribution in [1.82, 2.24) is 0 Å². The molecular formula is C30H32F6O3. The van der Waals surface area contributed by atoms with Crippen molar-refractivity contribution in [3.8, 4) is 5.75 Å². The summed E-state index contributed by atoms with van der Waals surface area (Å²) >= 11 is 0. The van der Waals surface area contributed by atoms with Gasteiger partial charge in [-0.15, -0.1) is 13.2 Å². The number of benzene rings is 3. The lowest BCUT2D eigenvalue weighted by Crippen LogP contribution is -2.27. The fourth-order valence-electron chi connectivity index (χ4n) is 4.90. The molecule has 3 aromatic carbocycles. The van der Waals surface area contributed by atoms with Gasteiger partial charge in [0.2, 0.25) is 5.75 Å². The first-order chi connectivity index (χ1) is 18.6. The standard InChI is InChI=1S/C30H32F6O3/c1-2-3-4-5-6-7-23-14-15-37-29(38-23)22-12-13-24-21(18-22)11-10-20(27(24)33)9-8-19-16-25(31)28(26(32)17-19)39-30(34,35)36/h10-13,16-18,23,29H,2-9,14-15H2,1H3. The molecule has 1 heterocycles. The summed E-state index contributed by atoms with van der Waals surface area (Å²) < 4.78 is 95.8. The van der Waals surface area contributed by atoms with Gasteiger partial charge in [-0.1, -0.05) is 63.3 Å². The summed E-state index contributed by atoms with van der Waals surface area (Å²) in [7, 11) is 0. The Morgan fingerprint density at radius 1 is 0.897 bits per heavy atom. The van der Waals surface area contributed by atoms with Gasteiger partial charge < -0.3 is 14.2 Å². The molecule has 2 unspecified atom stereocenters. The molecule has 4 rings (SSSR count). The van der Waals surface area contributed by atoms with Crippen LogP contribution in [0.4, 0.5) is 26.3 Å². The monoisotopic (exact) mass is 554 g/mol. The fraction of sp³-hybridized carbons (Fsp3) is 0.467. The van der Waals surface area contributed by atoms with Crippen LogP contribution in [0.1, 0.15) is 74.8 Å². The third kappa shape index (κ3) is 7.88. The number of hydrogen-bond acceptors (Lipinski definition) is 3. The molecular weight excluding hydrogens is 522 g/mol. The second-order valence-corrected chi connectivity index (χ2v) is 9.91. The predicted molar refractivity (Wildman–Crippen MR) is 136 cm³/mol. The molecule has 0 aliphatic carbocycles. The Hall–Kier alpha value is -2.78. The van der Waals surface area contributed by atoms with E-state index in [2.05, 4.69) is 11.7 Å². The first-order valence-electron chi connectivity index (χ1n) is 13.4. The van der Waals surface area contributed by atoms with Gasteiger partial charge in [0, 0.05) is 10.9 Å². The van der Waals surface area contributed by atoms with Crippen LogP contribution in [0.3, 0.4) is 0 Å². The van der Waals surface area contributed by atoms with Crippen molar-refractivity contribution in [2.24, 2.45) is 0 Å². The van der Waals surface area contributed by atoms with Crippen LogP contribution in [0.5, 0.6) is 5.75 Å². The third-order valence-corrected chi connectivity index (χ3v) is 6.94. The molecule has 1 aliphatic rings. The minimum Gasteiger partial charge on any atom is -0.399 e. The van der Waals surface area contributed by atoms with Gasteiger partial charge in [-0.05, 0) is 60.4 Å². The highest BCUT2D eigenvalue weighted by atomic mass is 19.4. The minimum absolute atomic E-state index is 0.0181. The molecule has 0 N–H and O–H groups in total. The van der Waals surface area contributed by atoms with E-state index in [4.69, 9.17) is 9.47 Å². The summed E-state index contributed by atoms with van der Waals surface area (Å²) in [5.41, 5.74) is 1.21. The number of aryl methyl sites for hydroxylation is 2. The molecule has 0 spiro atoms. The van der Waals surface area contributed by atoms with Crippen molar-refractivity contribution >= 4 is 10.8 Å². The van der Waals surface area contributed by atoms with E-state index in [0.29, 0.717) is 22.9 Å². The Morgan fingerprint density at radius 2 is 1.64 bits per heavy atom. The average molecular weight is 555 g/mol. The zero-order valence-corrected chi connectivity index (χ0v) is 21.8. The van der Waals surface area contributed by atoms with Crippen LogP contribution >= 0.6 is 0 Å². The van der Waals surface area contributed by atoms with Crippen LogP contribution < -0.4 is 4.74 Å². The lowest BCUT2D eigenvalue weighted by atomic mass is 9.98.